The van der Waals surface area contributed by atoms with Gasteiger partial charge in [0.1, 0.15) is 0 Å². The van der Waals surface area contributed by atoms with Crippen LogP contribution in [0.15, 0.2) is 40.9 Å². The predicted octanol–water partition coefficient (Wildman–Crippen LogP) is 6.20. The standard InChI is InChI=1S/C15H13Br2Cl/c1-9-3-4-10(2)12(7-9)15(17)13-8-11(16)5-6-14(13)18/h3-8,15H,1-2H3. The zero-order chi connectivity index (χ0) is 13.3. The maximum absolute atomic E-state index is 6.28. The molecule has 0 fully saturated rings. The summed E-state index contributed by atoms with van der Waals surface area (Å²) in [6.07, 6.45) is 0. The van der Waals surface area contributed by atoms with Crippen LogP contribution in [0.25, 0.3) is 0 Å². The van der Waals surface area contributed by atoms with Gasteiger partial charge in [0, 0.05) is 9.50 Å². The Kier molecular flexibility index (Phi) is 4.52. The van der Waals surface area contributed by atoms with Crippen LogP contribution in [-0.2, 0) is 0 Å². The van der Waals surface area contributed by atoms with Crippen LogP contribution in [0.2, 0.25) is 5.02 Å². The average molecular weight is 389 g/mol. The average Bonchev–Trinajstić information content (AvgIpc) is 2.34. The minimum absolute atomic E-state index is 0.113. The Morgan fingerprint density at radius 2 is 1.72 bits per heavy atom. The van der Waals surface area contributed by atoms with E-state index in [9.17, 15) is 0 Å². The van der Waals surface area contributed by atoms with Gasteiger partial charge in [-0.25, -0.2) is 0 Å². The van der Waals surface area contributed by atoms with Crippen LogP contribution in [0, 0.1) is 13.8 Å². The molecule has 0 saturated heterocycles. The van der Waals surface area contributed by atoms with Crippen molar-refractivity contribution in [2.75, 3.05) is 0 Å². The van der Waals surface area contributed by atoms with E-state index in [-0.39, 0.29) is 4.83 Å². The van der Waals surface area contributed by atoms with E-state index in [0.717, 1.165) is 15.1 Å². The molecule has 0 N–H and O–H groups in total. The van der Waals surface area contributed by atoms with E-state index in [2.05, 4.69) is 70.0 Å². The summed E-state index contributed by atoms with van der Waals surface area (Å²) >= 11 is 13.5. The summed E-state index contributed by atoms with van der Waals surface area (Å²) in [4.78, 5) is 0.113. The number of aryl methyl sites for hydroxylation is 2. The van der Waals surface area contributed by atoms with Crippen LogP contribution in [0.4, 0.5) is 0 Å². The van der Waals surface area contributed by atoms with Crippen molar-refractivity contribution in [3.8, 4) is 0 Å². The zero-order valence-corrected chi connectivity index (χ0v) is 14.1. The third kappa shape index (κ3) is 2.98. The van der Waals surface area contributed by atoms with Gasteiger partial charge in [-0.3, -0.25) is 0 Å². The van der Waals surface area contributed by atoms with E-state index in [0.29, 0.717) is 0 Å². The van der Waals surface area contributed by atoms with Crippen LogP contribution in [0.5, 0.6) is 0 Å². The van der Waals surface area contributed by atoms with Crippen molar-refractivity contribution in [1.82, 2.24) is 0 Å². The molecule has 3 heteroatoms. The van der Waals surface area contributed by atoms with Crippen molar-refractivity contribution in [3.05, 3.63) is 68.1 Å². The van der Waals surface area contributed by atoms with E-state index in [4.69, 9.17) is 11.6 Å². The highest BCUT2D eigenvalue weighted by atomic mass is 79.9. The molecule has 2 rings (SSSR count). The van der Waals surface area contributed by atoms with Crippen molar-refractivity contribution >= 4 is 43.5 Å². The number of hydrogen-bond acceptors (Lipinski definition) is 0. The highest BCUT2D eigenvalue weighted by Gasteiger charge is 2.16. The van der Waals surface area contributed by atoms with Gasteiger partial charge in [0.25, 0.3) is 0 Å². The first-order valence-electron chi connectivity index (χ1n) is 5.65. The minimum atomic E-state index is 0.113. The number of rotatable bonds is 2. The van der Waals surface area contributed by atoms with Gasteiger partial charge in [-0.05, 0) is 48.7 Å². The third-order valence-electron chi connectivity index (χ3n) is 2.94. The molecule has 0 aliphatic carbocycles. The maximum Gasteiger partial charge on any atom is 0.0662 e. The highest BCUT2D eigenvalue weighted by Crippen LogP contribution is 2.38. The van der Waals surface area contributed by atoms with Gasteiger partial charge in [-0.2, -0.15) is 0 Å². The Morgan fingerprint density at radius 3 is 2.44 bits per heavy atom. The monoisotopic (exact) mass is 386 g/mol. The smallest absolute Gasteiger partial charge is 0.0662 e. The van der Waals surface area contributed by atoms with E-state index >= 15 is 0 Å². The zero-order valence-electron chi connectivity index (χ0n) is 10.2. The molecule has 0 amide bonds. The summed E-state index contributed by atoms with van der Waals surface area (Å²) in [6, 6.07) is 12.4. The molecule has 2 aromatic rings. The lowest BCUT2D eigenvalue weighted by Gasteiger charge is -2.16. The molecule has 1 unspecified atom stereocenters. The minimum Gasteiger partial charge on any atom is -0.0840 e. The third-order valence-corrected chi connectivity index (χ3v) is 4.76. The van der Waals surface area contributed by atoms with Gasteiger partial charge >= 0.3 is 0 Å². The first-order chi connectivity index (χ1) is 8.49. The second-order valence-electron chi connectivity index (χ2n) is 4.39. The van der Waals surface area contributed by atoms with Crippen molar-refractivity contribution in [2.24, 2.45) is 0 Å². The Labute approximate surface area is 130 Å². The van der Waals surface area contributed by atoms with Gasteiger partial charge < -0.3 is 0 Å². The Morgan fingerprint density at radius 1 is 1.00 bits per heavy atom. The molecule has 0 aliphatic heterocycles. The molecule has 0 nitrogen and oxygen atoms in total. The summed E-state index contributed by atoms with van der Waals surface area (Å²) in [5.74, 6) is 0. The molecule has 0 aliphatic rings. The van der Waals surface area contributed by atoms with E-state index in [1.807, 2.05) is 12.1 Å². The molecule has 0 aromatic heterocycles. The van der Waals surface area contributed by atoms with Gasteiger partial charge in [0.05, 0.1) is 4.83 Å². The van der Waals surface area contributed by atoms with Crippen LogP contribution in [0.3, 0.4) is 0 Å². The molecule has 0 spiro atoms. The maximum atomic E-state index is 6.28. The first kappa shape index (κ1) is 14.1. The summed E-state index contributed by atoms with van der Waals surface area (Å²) in [7, 11) is 0. The van der Waals surface area contributed by atoms with Crippen molar-refractivity contribution in [2.45, 2.75) is 18.7 Å². The summed E-state index contributed by atoms with van der Waals surface area (Å²) in [5, 5.41) is 0.779. The van der Waals surface area contributed by atoms with Gasteiger partial charge in [0.15, 0.2) is 0 Å². The number of hydrogen-bond donors (Lipinski definition) is 0. The highest BCUT2D eigenvalue weighted by molar-refractivity contribution is 9.10. The molecular weight excluding hydrogens is 375 g/mol. The summed E-state index contributed by atoms with van der Waals surface area (Å²) in [5.41, 5.74) is 4.86. The van der Waals surface area contributed by atoms with Crippen LogP contribution >= 0.6 is 43.5 Å². The molecule has 0 radical (unpaired) electrons. The lowest BCUT2D eigenvalue weighted by Crippen LogP contribution is -1.97. The van der Waals surface area contributed by atoms with Gasteiger partial charge in [0.2, 0.25) is 0 Å². The normalized spacial score (nSPS) is 12.5. The fourth-order valence-corrected chi connectivity index (χ4v) is 3.52. The Bertz CT molecular complexity index is 527. The number of halogens is 3. The molecule has 94 valence electrons. The Balaban J connectivity index is 2.50. The molecule has 18 heavy (non-hydrogen) atoms. The summed E-state index contributed by atoms with van der Waals surface area (Å²) in [6.45, 7) is 4.22. The number of alkyl halides is 1. The van der Waals surface area contributed by atoms with E-state index < -0.39 is 0 Å². The van der Waals surface area contributed by atoms with Crippen molar-refractivity contribution < 1.29 is 0 Å². The van der Waals surface area contributed by atoms with E-state index in [1.54, 1.807) is 0 Å². The fraction of sp³-hybridized carbons (Fsp3) is 0.200. The molecule has 0 heterocycles. The number of benzene rings is 2. The largest absolute Gasteiger partial charge is 0.0840 e. The molecular formula is C15H13Br2Cl. The topological polar surface area (TPSA) is 0 Å². The lowest BCUT2D eigenvalue weighted by atomic mass is 9.98. The van der Waals surface area contributed by atoms with Crippen LogP contribution in [0.1, 0.15) is 27.1 Å². The van der Waals surface area contributed by atoms with E-state index in [1.165, 1.54) is 16.7 Å². The first-order valence-corrected chi connectivity index (χ1v) is 7.74. The molecule has 0 bridgehead atoms. The van der Waals surface area contributed by atoms with Crippen molar-refractivity contribution in [3.63, 3.8) is 0 Å². The summed E-state index contributed by atoms with van der Waals surface area (Å²) < 4.78 is 1.04. The second kappa shape index (κ2) is 5.77. The van der Waals surface area contributed by atoms with Gasteiger partial charge in [-0.15, -0.1) is 0 Å². The molecule has 2 aromatic carbocycles. The quantitative estimate of drug-likeness (QED) is 0.537. The predicted molar refractivity (Wildman–Crippen MR) is 85.8 cm³/mol. The SMILES string of the molecule is Cc1ccc(C)c(C(Br)c2cc(Br)ccc2Cl)c1. The fourth-order valence-electron chi connectivity index (χ4n) is 1.91. The molecule has 1 atom stereocenters. The van der Waals surface area contributed by atoms with Crippen molar-refractivity contribution in [1.29, 1.82) is 0 Å². The van der Waals surface area contributed by atoms with Gasteiger partial charge in [-0.1, -0.05) is 67.2 Å². The lowest BCUT2D eigenvalue weighted by molar-refractivity contribution is 1.13. The molecule has 0 saturated carbocycles. The second-order valence-corrected chi connectivity index (χ2v) is 6.63. The Hall–Kier alpha value is -0.310. The van der Waals surface area contributed by atoms with Crippen LogP contribution < -0.4 is 0 Å². The van der Waals surface area contributed by atoms with Crippen LogP contribution in [-0.4, -0.2) is 0 Å².